The highest BCUT2D eigenvalue weighted by Gasteiger charge is 2.29. The van der Waals surface area contributed by atoms with Crippen LogP contribution in [-0.4, -0.2) is 28.1 Å². The molecule has 0 N–H and O–H groups in total. The van der Waals surface area contributed by atoms with E-state index < -0.39 is 0 Å². The molecular weight excluding hydrogens is 338 g/mol. The molecule has 1 aromatic heterocycles. The highest BCUT2D eigenvalue weighted by atomic mass is 32.2. The van der Waals surface area contributed by atoms with Gasteiger partial charge in [0.25, 0.3) is 0 Å². The molecule has 1 unspecified atom stereocenters. The van der Waals surface area contributed by atoms with Crippen molar-refractivity contribution in [3.63, 3.8) is 0 Å². The van der Waals surface area contributed by atoms with Crippen molar-refractivity contribution in [1.82, 2.24) is 9.88 Å². The standard InChI is InChI=1S/C18H19N3OS2/c19-13-14-4-6-15(7-5-14)23-11-8-17(22)21-10-2-1-3-16(21)18-20-9-12-24-18/h4-7,9,12,16H,1-3,8,10-11H2. The SMILES string of the molecule is N#Cc1ccc(SCCC(=O)N2CCCCC2c2nccs2)cc1. The van der Waals surface area contributed by atoms with Crippen molar-refractivity contribution in [2.75, 3.05) is 12.3 Å². The first-order chi connectivity index (χ1) is 11.8. The summed E-state index contributed by atoms with van der Waals surface area (Å²) in [6.07, 6.45) is 5.61. The largest absolute Gasteiger partial charge is 0.333 e. The van der Waals surface area contributed by atoms with Crippen LogP contribution in [0, 0.1) is 11.3 Å². The number of hydrogen-bond acceptors (Lipinski definition) is 5. The minimum Gasteiger partial charge on any atom is -0.333 e. The van der Waals surface area contributed by atoms with E-state index in [2.05, 4.69) is 11.1 Å². The zero-order chi connectivity index (χ0) is 16.8. The molecule has 0 bridgehead atoms. The molecule has 124 valence electrons. The number of aromatic nitrogens is 1. The third kappa shape index (κ3) is 4.16. The first kappa shape index (κ1) is 17.0. The van der Waals surface area contributed by atoms with Gasteiger partial charge in [-0.25, -0.2) is 4.98 Å². The van der Waals surface area contributed by atoms with E-state index in [4.69, 9.17) is 5.26 Å². The predicted octanol–water partition coefficient (Wildman–Crippen LogP) is 4.25. The lowest BCUT2D eigenvalue weighted by Gasteiger charge is -2.34. The number of amides is 1. The lowest BCUT2D eigenvalue weighted by atomic mass is 10.0. The summed E-state index contributed by atoms with van der Waals surface area (Å²) >= 11 is 3.30. The molecule has 3 rings (SSSR count). The Morgan fingerprint density at radius 1 is 1.38 bits per heavy atom. The number of carbonyl (C=O) groups is 1. The number of likely N-dealkylation sites (tertiary alicyclic amines) is 1. The van der Waals surface area contributed by atoms with E-state index in [0.29, 0.717) is 12.0 Å². The van der Waals surface area contributed by atoms with Crippen molar-refractivity contribution in [1.29, 1.82) is 5.26 Å². The maximum atomic E-state index is 12.6. The van der Waals surface area contributed by atoms with Crippen LogP contribution in [0.3, 0.4) is 0 Å². The quantitative estimate of drug-likeness (QED) is 0.751. The molecule has 1 fully saturated rings. The number of piperidine rings is 1. The highest BCUT2D eigenvalue weighted by molar-refractivity contribution is 7.99. The summed E-state index contributed by atoms with van der Waals surface area (Å²) in [6, 6.07) is 9.77. The fourth-order valence-corrected chi connectivity index (χ4v) is 4.54. The van der Waals surface area contributed by atoms with E-state index in [1.807, 2.05) is 40.7 Å². The van der Waals surface area contributed by atoms with Gasteiger partial charge in [0.2, 0.25) is 5.91 Å². The molecule has 0 saturated carbocycles. The van der Waals surface area contributed by atoms with Crippen LogP contribution in [0.2, 0.25) is 0 Å². The van der Waals surface area contributed by atoms with Gasteiger partial charge in [-0.2, -0.15) is 5.26 Å². The van der Waals surface area contributed by atoms with Crippen LogP contribution in [0.4, 0.5) is 0 Å². The van der Waals surface area contributed by atoms with Crippen LogP contribution in [0.1, 0.15) is 42.3 Å². The Morgan fingerprint density at radius 3 is 2.92 bits per heavy atom. The normalized spacial score (nSPS) is 17.5. The van der Waals surface area contributed by atoms with Crippen LogP contribution >= 0.6 is 23.1 Å². The molecule has 4 nitrogen and oxygen atoms in total. The topological polar surface area (TPSA) is 57.0 Å². The van der Waals surface area contributed by atoms with Gasteiger partial charge in [-0.05, 0) is 43.5 Å². The van der Waals surface area contributed by atoms with Gasteiger partial charge in [0.1, 0.15) is 5.01 Å². The number of carbonyl (C=O) groups excluding carboxylic acids is 1. The number of benzene rings is 1. The molecule has 6 heteroatoms. The van der Waals surface area contributed by atoms with Crippen molar-refractivity contribution in [3.8, 4) is 6.07 Å². The summed E-state index contributed by atoms with van der Waals surface area (Å²) < 4.78 is 0. The van der Waals surface area contributed by atoms with Gasteiger partial charge in [0.05, 0.1) is 17.7 Å². The van der Waals surface area contributed by atoms with Gasteiger partial charge in [0.15, 0.2) is 0 Å². The molecule has 24 heavy (non-hydrogen) atoms. The van der Waals surface area contributed by atoms with Gasteiger partial charge >= 0.3 is 0 Å². The molecular formula is C18H19N3OS2. The molecule has 2 heterocycles. The van der Waals surface area contributed by atoms with E-state index in [9.17, 15) is 4.79 Å². The summed E-state index contributed by atoms with van der Waals surface area (Å²) in [4.78, 5) is 20.2. The van der Waals surface area contributed by atoms with Gasteiger partial charge in [0, 0.05) is 35.2 Å². The van der Waals surface area contributed by atoms with Crippen LogP contribution in [-0.2, 0) is 4.79 Å². The Morgan fingerprint density at radius 2 is 2.21 bits per heavy atom. The van der Waals surface area contributed by atoms with Crippen molar-refractivity contribution < 1.29 is 4.79 Å². The Labute approximate surface area is 150 Å². The van der Waals surface area contributed by atoms with E-state index >= 15 is 0 Å². The molecule has 1 aromatic carbocycles. The molecule has 1 aliphatic heterocycles. The fraction of sp³-hybridized carbons (Fsp3) is 0.389. The van der Waals surface area contributed by atoms with Crippen LogP contribution < -0.4 is 0 Å². The predicted molar refractivity (Wildman–Crippen MR) is 96.9 cm³/mol. The summed E-state index contributed by atoms with van der Waals surface area (Å²) in [6.45, 7) is 0.838. The van der Waals surface area contributed by atoms with E-state index in [1.54, 1.807) is 23.1 Å². The van der Waals surface area contributed by atoms with Gasteiger partial charge in [-0.15, -0.1) is 23.1 Å². The lowest BCUT2D eigenvalue weighted by Crippen LogP contribution is -2.38. The summed E-state index contributed by atoms with van der Waals surface area (Å²) in [5, 5.41) is 11.9. The minimum atomic E-state index is 0.158. The molecule has 2 aromatic rings. The number of hydrogen-bond donors (Lipinski definition) is 0. The second kappa shape index (κ2) is 8.32. The molecule has 0 radical (unpaired) electrons. The van der Waals surface area contributed by atoms with Crippen molar-refractivity contribution >= 4 is 29.0 Å². The van der Waals surface area contributed by atoms with Crippen molar-refractivity contribution in [2.24, 2.45) is 0 Å². The lowest BCUT2D eigenvalue weighted by molar-refractivity contribution is -0.134. The molecule has 1 saturated heterocycles. The molecule has 1 amide bonds. The minimum absolute atomic E-state index is 0.158. The van der Waals surface area contributed by atoms with Crippen molar-refractivity contribution in [3.05, 3.63) is 46.4 Å². The monoisotopic (exact) mass is 357 g/mol. The van der Waals surface area contributed by atoms with Gasteiger partial charge in [-0.3, -0.25) is 4.79 Å². The average Bonchev–Trinajstić information content (AvgIpc) is 3.17. The Hall–Kier alpha value is -1.84. The second-order valence-electron chi connectivity index (χ2n) is 5.70. The first-order valence-corrected chi connectivity index (χ1v) is 9.96. The number of rotatable bonds is 5. The zero-order valence-electron chi connectivity index (χ0n) is 13.4. The Balaban J connectivity index is 1.54. The summed E-state index contributed by atoms with van der Waals surface area (Å²) in [7, 11) is 0. The molecule has 1 atom stereocenters. The average molecular weight is 358 g/mol. The van der Waals surface area contributed by atoms with E-state index in [0.717, 1.165) is 41.5 Å². The first-order valence-electron chi connectivity index (χ1n) is 8.10. The zero-order valence-corrected chi connectivity index (χ0v) is 15.0. The second-order valence-corrected chi connectivity index (χ2v) is 7.80. The Kier molecular flexibility index (Phi) is 5.89. The van der Waals surface area contributed by atoms with Gasteiger partial charge < -0.3 is 4.90 Å². The summed E-state index contributed by atoms with van der Waals surface area (Å²) in [5.41, 5.74) is 0.662. The van der Waals surface area contributed by atoms with E-state index in [-0.39, 0.29) is 11.9 Å². The van der Waals surface area contributed by atoms with E-state index in [1.165, 1.54) is 0 Å². The smallest absolute Gasteiger partial charge is 0.224 e. The highest BCUT2D eigenvalue weighted by Crippen LogP contribution is 2.32. The third-order valence-electron chi connectivity index (χ3n) is 4.13. The maximum absolute atomic E-state index is 12.6. The Bertz CT molecular complexity index is 707. The van der Waals surface area contributed by atoms with Crippen LogP contribution in [0.25, 0.3) is 0 Å². The van der Waals surface area contributed by atoms with Crippen molar-refractivity contribution in [2.45, 2.75) is 36.6 Å². The maximum Gasteiger partial charge on any atom is 0.224 e. The molecule has 0 aliphatic carbocycles. The molecule has 1 aliphatic rings. The number of nitrogens with zero attached hydrogens (tertiary/aromatic N) is 3. The number of thiazole rings is 1. The van der Waals surface area contributed by atoms with Gasteiger partial charge in [-0.1, -0.05) is 0 Å². The number of nitriles is 1. The van der Waals surface area contributed by atoms with Crippen LogP contribution in [0.15, 0.2) is 40.7 Å². The van der Waals surface area contributed by atoms with Crippen LogP contribution in [0.5, 0.6) is 0 Å². The molecule has 0 spiro atoms. The number of thioether (sulfide) groups is 1. The fourth-order valence-electron chi connectivity index (χ4n) is 2.91. The summed E-state index contributed by atoms with van der Waals surface area (Å²) in [5.74, 6) is 0.974. The third-order valence-corrected chi connectivity index (χ3v) is 6.02.